The molecule has 0 bridgehead atoms. The number of hydrogen-bond acceptors (Lipinski definition) is 3. The van der Waals surface area contributed by atoms with Crippen molar-refractivity contribution in [3.8, 4) is 22.6 Å². The molecular weight excluding hydrogens is 340 g/mol. The zero-order valence-electron chi connectivity index (χ0n) is 15.8. The predicted molar refractivity (Wildman–Crippen MR) is 109 cm³/mol. The first-order valence-corrected chi connectivity index (χ1v) is 12.2. The maximum absolute atomic E-state index is 13.3. The van der Waals surface area contributed by atoms with Crippen LogP contribution in [0, 0.1) is 0 Å². The molecule has 3 aromatic carbocycles. The minimum atomic E-state index is -1.84. The van der Waals surface area contributed by atoms with Crippen molar-refractivity contribution in [1.82, 2.24) is 0 Å². The van der Waals surface area contributed by atoms with Crippen LogP contribution in [0.2, 0.25) is 19.6 Å². The molecular formula is C22H22O3Si. The molecule has 0 saturated heterocycles. The molecule has 0 atom stereocenters. The number of methoxy groups -OCH3 is 2. The maximum atomic E-state index is 13.3. The van der Waals surface area contributed by atoms with E-state index in [-0.39, 0.29) is 5.78 Å². The van der Waals surface area contributed by atoms with Crippen molar-refractivity contribution in [2.24, 2.45) is 0 Å². The van der Waals surface area contributed by atoms with Crippen LogP contribution in [0.3, 0.4) is 0 Å². The number of ether oxygens (including phenoxy) is 2. The summed E-state index contributed by atoms with van der Waals surface area (Å²) in [6.07, 6.45) is 0. The van der Waals surface area contributed by atoms with Gasteiger partial charge >= 0.3 is 0 Å². The fraction of sp³-hybridized carbons (Fsp3) is 0.227. The Morgan fingerprint density at radius 1 is 0.808 bits per heavy atom. The first kappa shape index (κ1) is 16.9. The molecule has 4 rings (SSSR count). The van der Waals surface area contributed by atoms with Gasteiger partial charge < -0.3 is 9.47 Å². The van der Waals surface area contributed by atoms with Crippen molar-refractivity contribution >= 4 is 29.8 Å². The normalized spacial score (nSPS) is 12.9. The van der Waals surface area contributed by atoms with Gasteiger partial charge in [0.25, 0.3) is 0 Å². The lowest BCUT2D eigenvalue weighted by Gasteiger charge is -2.24. The van der Waals surface area contributed by atoms with E-state index in [1.165, 1.54) is 5.19 Å². The fourth-order valence-electron chi connectivity index (χ4n) is 4.01. The Labute approximate surface area is 154 Å². The molecule has 3 nitrogen and oxygen atoms in total. The molecule has 0 radical (unpaired) electrons. The number of rotatable bonds is 3. The third-order valence-electron chi connectivity index (χ3n) is 5.09. The van der Waals surface area contributed by atoms with E-state index in [0.717, 1.165) is 44.5 Å². The van der Waals surface area contributed by atoms with E-state index < -0.39 is 8.07 Å². The molecule has 0 N–H and O–H groups in total. The van der Waals surface area contributed by atoms with Crippen LogP contribution >= 0.6 is 0 Å². The average Bonchev–Trinajstić information content (AvgIpc) is 2.90. The number of hydrogen-bond donors (Lipinski definition) is 0. The Balaban J connectivity index is 2.22. The second kappa shape index (κ2) is 5.71. The highest BCUT2D eigenvalue weighted by Gasteiger charge is 2.35. The van der Waals surface area contributed by atoms with Gasteiger partial charge in [0.05, 0.1) is 22.3 Å². The third kappa shape index (κ3) is 2.29. The number of carbonyl (C=O) groups is 1. The molecule has 0 aromatic heterocycles. The maximum Gasteiger partial charge on any atom is 0.194 e. The molecule has 1 aliphatic rings. The Hall–Kier alpha value is -2.59. The van der Waals surface area contributed by atoms with Crippen LogP contribution in [0.1, 0.15) is 15.9 Å². The number of fused-ring (bicyclic) bond motifs is 4. The summed E-state index contributed by atoms with van der Waals surface area (Å²) >= 11 is 0. The zero-order valence-corrected chi connectivity index (χ0v) is 16.8. The average molecular weight is 363 g/mol. The van der Waals surface area contributed by atoms with Crippen molar-refractivity contribution in [2.45, 2.75) is 19.6 Å². The monoisotopic (exact) mass is 362 g/mol. The molecule has 4 heteroatoms. The Morgan fingerprint density at radius 3 is 2.12 bits per heavy atom. The van der Waals surface area contributed by atoms with Crippen LogP contribution in [-0.4, -0.2) is 28.1 Å². The van der Waals surface area contributed by atoms with E-state index in [2.05, 4.69) is 25.7 Å². The molecule has 26 heavy (non-hydrogen) atoms. The van der Waals surface area contributed by atoms with Crippen molar-refractivity contribution in [2.75, 3.05) is 14.2 Å². The van der Waals surface area contributed by atoms with E-state index in [9.17, 15) is 4.79 Å². The van der Waals surface area contributed by atoms with Crippen molar-refractivity contribution in [3.63, 3.8) is 0 Å². The number of benzene rings is 3. The van der Waals surface area contributed by atoms with E-state index in [1.54, 1.807) is 14.2 Å². The summed E-state index contributed by atoms with van der Waals surface area (Å²) < 4.78 is 11.2. The fourth-order valence-corrected chi connectivity index (χ4v) is 6.02. The summed E-state index contributed by atoms with van der Waals surface area (Å²) in [6, 6.07) is 13.9. The van der Waals surface area contributed by atoms with E-state index in [1.807, 2.05) is 36.4 Å². The van der Waals surface area contributed by atoms with Gasteiger partial charge in [-0.15, -0.1) is 0 Å². The van der Waals surface area contributed by atoms with Gasteiger partial charge in [0, 0.05) is 22.6 Å². The van der Waals surface area contributed by atoms with Gasteiger partial charge in [0.1, 0.15) is 11.5 Å². The molecule has 0 unspecified atom stereocenters. The summed E-state index contributed by atoms with van der Waals surface area (Å²) in [5.41, 5.74) is 3.71. The molecule has 1 aliphatic carbocycles. The second-order valence-electron chi connectivity index (χ2n) is 7.72. The molecule has 0 saturated carbocycles. The van der Waals surface area contributed by atoms with Gasteiger partial charge in [-0.05, 0) is 33.8 Å². The summed E-state index contributed by atoms with van der Waals surface area (Å²) in [4.78, 5) is 13.3. The van der Waals surface area contributed by atoms with Gasteiger partial charge in [-0.2, -0.15) is 0 Å². The second-order valence-corrected chi connectivity index (χ2v) is 12.7. The molecule has 3 aromatic rings. The van der Waals surface area contributed by atoms with Crippen LogP contribution < -0.4 is 14.7 Å². The first-order chi connectivity index (χ1) is 12.4. The van der Waals surface area contributed by atoms with Gasteiger partial charge in [-0.3, -0.25) is 4.79 Å². The van der Waals surface area contributed by atoms with Crippen molar-refractivity contribution in [1.29, 1.82) is 0 Å². The molecule has 132 valence electrons. The van der Waals surface area contributed by atoms with Crippen LogP contribution in [-0.2, 0) is 0 Å². The lowest BCUT2D eigenvalue weighted by molar-refractivity contribution is 0.104. The Bertz CT molecular complexity index is 1060. The minimum Gasteiger partial charge on any atom is -0.497 e. The van der Waals surface area contributed by atoms with Crippen LogP contribution in [0.5, 0.6) is 11.5 Å². The van der Waals surface area contributed by atoms with Crippen molar-refractivity contribution < 1.29 is 14.3 Å². The summed E-state index contributed by atoms with van der Waals surface area (Å²) in [6.45, 7) is 6.85. The van der Waals surface area contributed by atoms with E-state index >= 15 is 0 Å². The van der Waals surface area contributed by atoms with E-state index in [0.29, 0.717) is 0 Å². The largest absolute Gasteiger partial charge is 0.497 e. The first-order valence-electron chi connectivity index (χ1n) is 8.74. The topological polar surface area (TPSA) is 35.5 Å². The molecule has 0 spiro atoms. The van der Waals surface area contributed by atoms with Gasteiger partial charge in [-0.25, -0.2) is 0 Å². The predicted octanol–water partition coefficient (Wildman–Crippen LogP) is 4.61. The van der Waals surface area contributed by atoms with Gasteiger partial charge in [0.15, 0.2) is 5.78 Å². The highest BCUT2D eigenvalue weighted by molar-refractivity contribution is 6.91. The lowest BCUT2D eigenvalue weighted by Crippen LogP contribution is -2.41. The highest BCUT2D eigenvalue weighted by atomic mass is 28.3. The SMILES string of the molecule is COc1cc(OC)c2cc3c(c([Si](C)(C)C)c2c1)C(=O)c1ccccc1-3. The lowest BCUT2D eigenvalue weighted by atomic mass is 9.99. The molecule has 0 heterocycles. The summed E-state index contributed by atoms with van der Waals surface area (Å²) in [5, 5.41) is 3.29. The van der Waals surface area contributed by atoms with E-state index in [4.69, 9.17) is 9.47 Å². The summed E-state index contributed by atoms with van der Waals surface area (Å²) in [5.74, 6) is 1.66. The van der Waals surface area contributed by atoms with Crippen LogP contribution in [0.4, 0.5) is 0 Å². The summed E-state index contributed by atoms with van der Waals surface area (Å²) in [7, 11) is 1.49. The highest BCUT2D eigenvalue weighted by Crippen LogP contribution is 2.42. The van der Waals surface area contributed by atoms with Crippen LogP contribution in [0.25, 0.3) is 21.9 Å². The molecule has 0 aliphatic heterocycles. The zero-order chi connectivity index (χ0) is 18.6. The van der Waals surface area contributed by atoms with Gasteiger partial charge in [-0.1, -0.05) is 43.9 Å². The minimum absolute atomic E-state index is 0.136. The van der Waals surface area contributed by atoms with Crippen LogP contribution in [0.15, 0.2) is 42.5 Å². The Morgan fingerprint density at radius 2 is 1.50 bits per heavy atom. The van der Waals surface area contributed by atoms with Crippen molar-refractivity contribution in [3.05, 3.63) is 53.6 Å². The number of ketones is 1. The molecule has 0 amide bonds. The smallest absolute Gasteiger partial charge is 0.194 e. The standard InChI is InChI=1S/C22H22O3Si/c1-24-13-10-18-16(19(11-13)25-2)12-17-14-8-6-7-9-15(14)21(23)20(17)22(18)26(3,4)5/h6-12H,1-5H3. The Kier molecular flexibility index (Phi) is 3.70. The molecule has 0 fully saturated rings. The quantitative estimate of drug-likeness (QED) is 0.499. The van der Waals surface area contributed by atoms with Gasteiger partial charge in [0.2, 0.25) is 0 Å². The third-order valence-corrected chi connectivity index (χ3v) is 7.11. The number of carbonyl (C=O) groups excluding carboxylic acids is 1.